The van der Waals surface area contributed by atoms with Gasteiger partial charge in [-0.3, -0.25) is 0 Å². The van der Waals surface area contributed by atoms with Crippen molar-refractivity contribution in [1.82, 2.24) is 0 Å². The second-order valence-corrected chi connectivity index (χ2v) is 6.25. The lowest BCUT2D eigenvalue weighted by molar-refractivity contribution is -0.133. The van der Waals surface area contributed by atoms with Gasteiger partial charge in [0.15, 0.2) is 9.84 Å². The Morgan fingerprint density at radius 2 is 1.91 bits per heavy atom. The zero-order chi connectivity index (χ0) is 20.0. The predicted octanol–water partition coefficient (Wildman–Crippen LogP) is 2.56. The molecule has 2 aromatic carbocycles. The maximum atomic E-state index is 12.3. The average Bonchev–Trinajstić information content (AvgIpc) is 2.86. The molecule has 1 aliphatic heterocycles. The van der Waals surface area contributed by atoms with Gasteiger partial charge in [0.25, 0.3) is 0 Å². The number of esters is 1. The van der Waals surface area contributed by atoms with Crippen LogP contribution in [0.25, 0.3) is 11.1 Å². The smallest absolute Gasteiger partial charge is 0.339 e. The van der Waals surface area contributed by atoms with E-state index in [0.29, 0.717) is 5.56 Å². The molecule has 1 aliphatic rings. The average molecular weight is 319 g/mol. The predicted molar refractivity (Wildman–Crippen MR) is 83.8 cm³/mol. The van der Waals surface area contributed by atoms with Gasteiger partial charge in [-0.05, 0) is 23.2 Å². The van der Waals surface area contributed by atoms with Crippen molar-refractivity contribution in [3.8, 4) is 0 Å². The van der Waals surface area contributed by atoms with Crippen molar-refractivity contribution in [2.75, 3.05) is 12.8 Å². The van der Waals surface area contributed by atoms with Crippen LogP contribution in [0.4, 0.5) is 0 Å². The van der Waals surface area contributed by atoms with Crippen molar-refractivity contribution >= 4 is 27.0 Å². The Bertz CT molecular complexity index is 1060. The first kappa shape index (κ1) is 9.58. The molecule has 112 valence electrons. The van der Waals surface area contributed by atoms with E-state index in [0.717, 1.165) is 6.07 Å². The van der Waals surface area contributed by atoms with E-state index in [-0.39, 0.29) is 16.7 Å². The third-order valence-corrected chi connectivity index (χ3v) is 4.00. The molecule has 0 saturated carbocycles. The van der Waals surface area contributed by atoms with E-state index in [2.05, 4.69) is 0 Å². The van der Waals surface area contributed by atoms with Gasteiger partial charge in [0.2, 0.25) is 0 Å². The summed E-state index contributed by atoms with van der Waals surface area (Å²) < 4.78 is 68.0. The Morgan fingerprint density at radius 3 is 2.64 bits per heavy atom. The van der Waals surface area contributed by atoms with Crippen LogP contribution in [-0.4, -0.2) is 27.2 Å². The zero-order valence-electron chi connectivity index (χ0n) is 16.3. The van der Waals surface area contributed by atoms with Crippen molar-refractivity contribution in [3.63, 3.8) is 0 Å². The van der Waals surface area contributed by atoms with Gasteiger partial charge >= 0.3 is 5.97 Å². The zero-order valence-corrected chi connectivity index (χ0v) is 12.1. The first-order chi connectivity index (χ1) is 12.6. The molecule has 0 saturated heterocycles. The Balaban J connectivity index is 2.32. The molecule has 0 aromatic heterocycles. The fraction of sp³-hybridized carbons (Fsp3) is 0.118. The molecule has 0 radical (unpaired) electrons. The summed E-state index contributed by atoms with van der Waals surface area (Å²) in [6.07, 6.45) is -0.974. The quantitative estimate of drug-likeness (QED) is 0.816. The van der Waals surface area contributed by atoms with Crippen molar-refractivity contribution in [2.24, 2.45) is 0 Å². The van der Waals surface area contributed by atoms with Crippen molar-refractivity contribution in [1.29, 1.82) is 0 Å². The highest BCUT2D eigenvalue weighted by Crippen LogP contribution is 2.33. The highest BCUT2D eigenvalue weighted by molar-refractivity contribution is 7.90. The van der Waals surface area contributed by atoms with Gasteiger partial charge in [-0.25, -0.2) is 13.2 Å². The minimum absolute atomic E-state index is 0.0791. The van der Waals surface area contributed by atoms with Gasteiger partial charge in [-0.2, -0.15) is 0 Å². The highest BCUT2D eigenvalue weighted by Gasteiger charge is 2.27. The summed E-state index contributed by atoms with van der Waals surface area (Å²) in [5, 5.41) is 0. The topological polar surface area (TPSA) is 60.4 Å². The summed E-state index contributed by atoms with van der Waals surface area (Å²) in [7, 11) is -4.05. The van der Waals surface area contributed by atoms with Gasteiger partial charge in [0.05, 0.1) is 16.0 Å². The fourth-order valence-electron chi connectivity index (χ4n) is 2.06. The van der Waals surface area contributed by atoms with Crippen LogP contribution in [-0.2, 0) is 19.4 Å². The Kier molecular flexibility index (Phi) is 2.36. The van der Waals surface area contributed by atoms with Crippen molar-refractivity contribution in [2.45, 2.75) is 4.90 Å². The van der Waals surface area contributed by atoms with Crippen molar-refractivity contribution in [3.05, 3.63) is 65.7 Å². The summed E-state index contributed by atoms with van der Waals surface area (Å²) in [6.45, 7) is -2.54. The van der Waals surface area contributed by atoms with Gasteiger partial charge in [0, 0.05) is 13.2 Å². The number of rotatable bonds is 3. The van der Waals surface area contributed by atoms with Crippen LogP contribution in [0.2, 0.25) is 0 Å². The lowest BCUT2D eigenvalue weighted by Gasteiger charge is -2.05. The van der Waals surface area contributed by atoms with Crippen LogP contribution in [0.1, 0.15) is 18.0 Å². The monoisotopic (exact) mass is 319 g/mol. The normalized spacial score (nSPS) is 20.5. The van der Waals surface area contributed by atoms with E-state index in [9.17, 15) is 13.2 Å². The third-order valence-electron chi connectivity index (χ3n) is 3.09. The van der Waals surface area contributed by atoms with E-state index in [1.54, 1.807) is 30.3 Å². The van der Waals surface area contributed by atoms with Gasteiger partial charge in [0.1, 0.15) is 6.56 Å². The van der Waals surface area contributed by atoms with Gasteiger partial charge < -0.3 is 4.74 Å². The van der Waals surface area contributed by atoms with Crippen LogP contribution in [0.3, 0.4) is 0 Å². The number of cyclic esters (lactones) is 1. The van der Waals surface area contributed by atoms with Crippen LogP contribution in [0.5, 0.6) is 0 Å². The number of carbonyl (C=O) groups excluding carboxylic acids is 1. The summed E-state index contributed by atoms with van der Waals surface area (Å²) in [5.41, 5.74) is -0.0390. The number of hydrogen-bond acceptors (Lipinski definition) is 4. The molecular weight excluding hydrogens is 300 g/mol. The van der Waals surface area contributed by atoms with E-state index in [1.165, 1.54) is 6.07 Å². The summed E-state index contributed by atoms with van der Waals surface area (Å²) in [4.78, 5) is 11.8. The Hall–Kier alpha value is -2.40. The Morgan fingerprint density at radius 1 is 1.14 bits per heavy atom. The second-order valence-electron chi connectivity index (χ2n) is 4.58. The molecule has 0 atom stereocenters. The molecule has 0 spiro atoms. The number of sulfone groups is 1. The lowest BCUT2D eigenvalue weighted by atomic mass is 9.97. The minimum atomic E-state index is -4.05. The summed E-state index contributed by atoms with van der Waals surface area (Å²) >= 11 is 0. The maximum Gasteiger partial charge on any atom is 0.339 e. The first-order valence-electron chi connectivity index (χ1n) is 8.97. The van der Waals surface area contributed by atoms with E-state index < -0.39 is 45.6 Å². The standard InChI is InChI=1S/C17H14O4S/c1-22(19,20)14-9-7-12(8-10-14)15-11-21-17(18)16(15)13-5-3-2-4-6-13/h2-10H,11H2,1H3/i1D,7D,9D,11D2. The number of hydrogen-bond donors (Lipinski definition) is 0. The van der Waals surface area contributed by atoms with Gasteiger partial charge in [-0.15, -0.1) is 0 Å². The molecule has 0 fully saturated rings. The molecule has 0 unspecified atom stereocenters. The number of benzene rings is 2. The van der Waals surface area contributed by atoms with Crippen molar-refractivity contribution < 1.29 is 24.8 Å². The minimum Gasteiger partial charge on any atom is -0.457 e. The second kappa shape index (κ2) is 5.42. The summed E-state index contributed by atoms with van der Waals surface area (Å²) in [5.74, 6) is -0.907. The van der Waals surface area contributed by atoms with Crippen LogP contribution < -0.4 is 0 Å². The largest absolute Gasteiger partial charge is 0.457 e. The maximum absolute atomic E-state index is 12.3. The SMILES string of the molecule is [2H]CS(=O)(=O)c1ccc(C2=C(c3ccccc3)C(=O)OC2([2H])[2H])c([2H])c1[2H]. The highest BCUT2D eigenvalue weighted by atomic mass is 32.2. The summed E-state index contributed by atoms with van der Waals surface area (Å²) in [6, 6.07) is 9.20. The molecule has 0 aliphatic carbocycles. The number of carbonyl (C=O) groups is 1. The van der Waals surface area contributed by atoms with Gasteiger partial charge in [-0.1, -0.05) is 42.4 Å². The van der Waals surface area contributed by atoms with E-state index >= 15 is 0 Å². The molecule has 0 bridgehead atoms. The van der Waals surface area contributed by atoms with E-state index in [1.807, 2.05) is 0 Å². The third kappa shape index (κ3) is 2.67. The molecule has 5 heteroatoms. The van der Waals surface area contributed by atoms with Crippen LogP contribution >= 0.6 is 0 Å². The molecule has 0 N–H and O–H groups in total. The molecular formula is C17H14O4S. The molecule has 1 heterocycles. The first-order valence-corrected chi connectivity index (χ1v) is 7.91. The Labute approximate surface area is 136 Å². The lowest BCUT2D eigenvalue weighted by Crippen LogP contribution is -1.98. The molecule has 22 heavy (non-hydrogen) atoms. The molecule has 2 aromatic rings. The van der Waals surface area contributed by atoms with E-state index in [4.69, 9.17) is 11.6 Å². The van der Waals surface area contributed by atoms with Crippen LogP contribution in [0, 0.1) is 0 Å². The fourth-order valence-corrected chi connectivity index (χ4v) is 2.54. The molecule has 0 amide bonds. The number of ether oxygens (including phenoxy) is 1. The molecule has 3 rings (SSSR count). The molecule has 4 nitrogen and oxygen atoms in total. The van der Waals surface area contributed by atoms with Crippen LogP contribution in [0.15, 0.2) is 59.4 Å².